The summed E-state index contributed by atoms with van der Waals surface area (Å²) in [5.41, 5.74) is -2.23. The monoisotopic (exact) mass is 525 g/mol. The number of hydrogen-bond acceptors (Lipinski definition) is 5. The molecule has 196 valence electrons. The number of carbonyl (C=O) groups is 4. The van der Waals surface area contributed by atoms with E-state index in [1.54, 1.807) is 0 Å². The van der Waals surface area contributed by atoms with Crippen molar-refractivity contribution in [3.63, 3.8) is 0 Å². The Morgan fingerprint density at radius 2 is 1.84 bits per heavy atom. The summed E-state index contributed by atoms with van der Waals surface area (Å²) in [5, 5.41) is 2.04. The summed E-state index contributed by atoms with van der Waals surface area (Å²) in [4.78, 5) is 50.0. The van der Waals surface area contributed by atoms with Crippen molar-refractivity contribution in [1.82, 2.24) is 10.2 Å². The van der Waals surface area contributed by atoms with E-state index in [0.29, 0.717) is 23.3 Å². The predicted octanol–water partition coefficient (Wildman–Crippen LogP) is 3.77. The van der Waals surface area contributed by atoms with E-state index in [-0.39, 0.29) is 37.1 Å². The molecule has 0 saturated carbocycles. The Labute approximate surface area is 209 Å². The minimum atomic E-state index is -5.15. The van der Waals surface area contributed by atoms with Gasteiger partial charge in [0.15, 0.2) is 0 Å². The standard InChI is InChI=1S/C25H21F5N2O5/c1-37-15-4-6-17(18(11-15)25(28,29)30)24(26,27)20(33)8-3-13-2-5-16-14(10-13)12-32(23(16)36)19-7-9-21(34)31-22(19)35/h2,4-6,10-11,19H,3,7-9,12H2,1H3,(H,31,34,35)/i19D. The molecular formula is C25H21F5N2O5. The topological polar surface area (TPSA) is 92.8 Å². The molecule has 2 aliphatic heterocycles. The van der Waals surface area contributed by atoms with E-state index in [4.69, 9.17) is 1.37 Å². The zero-order valence-corrected chi connectivity index (χ0v) is 19.4. The normalized spacial score (nSPS) is 20.4. The van der Waals surface area contributed by atoms with Crippen LogP contribution in [0, 0.1) is 0 Å². The molecule has 0 spiro atoms. The first-order valence-electron chi connectivity index (χ1n) is 11.6. The van der Waals surface area contributed by atoms with E-state index in [1.807, 2.05) is 5.32 Å². The van der Waals surface area contributed by atoms with Crippen molar-refractivity contribution in [3.8, 4) is 5.75 Å². The summed E-state index contributed by atoms with van der Waals surface area (Å²) >= 11 is 0. The van der Waals surface area contributed by atoms with Gasteiger partial charge in [-0.1, -0.05) is 12.1 Å². The van der Waals surface area contributed by atoms with Gasteiger partial charge in [-0.2, -0.15) is 22.0 Å². The van der Waals surface area contributed by atoms with E-state index in [1.165, 1.54) is 18.2 Å². The molecule has 2 aromatic carbocycles. The van der Waals surface area contributed by atoms with Crippen molar-refractivity contribution in [2.24, 2.45) is 0 Å². The Balaban J connectivity index is 1.50. The Hall–Kier alpha value is -3.83. The second-order valence-electron chi connectivity index (χ2n) is 8.61. The fraction of sp³-hybridized carbons (Fsp3) is 0.360. The Morgan fingerprint density at radius 1 is 1.11 bits per heavy atom. The average Bonchev–Trinajstić information content (AvgIpc) is 3.20. The number of imide groups is 1. The number of amides is 3. The zero-order valence-electron chi connectivity index (χ0n) is 20.4. The Kier molecular flexibility index (Phi) is 6.42. The Morgan fingerprint density at radius 3 is 2.49 bits per heavy atom. The van der Waals surface area contributed by atoms with Gasteiger partial charge in [-0.25, -0.2) is 0 Å². The number of halogens is 5. The number of benzene rings is 2. The van der Waals surface area contributed by atoms with Gasteiger partial charge in [0, 0.05) is 30.5 Å². The number of nitrogens with zero attached hydrogens (tertiary/aromatic N) is 1. The van der Waals surface area contributed by atoms with Crippen LogP contribution in [0.2, 0.25) is 0 Å². The van der Waals surface area contributed by atoms with Gasteiger partial charge in [0.05, 0.1) is 14.0 Å². The van der Waals surface area contributed by atoms with Crippen molar-refractivity contribution in [3.05, 3.63) is 64.2 Å². The summed E-state index contributed by atoms with van der Waals surface area (Å²) in [6.45, 7) is -0.155. The van der Waals surface area contributed by atoms with Crippen LogP contribution in [0.25, 0.3) is 0 Å². The van der Waals surface area contributed by atoms with Gasteiger partial charge in [0.1, 0.15) is 11.8 Å². The highest BCUT2D eigenvalue weighted by Crippen LogP contribution is 2.42. The third kappa shape index (κ3) is 5.05. The molecule has 1 fully saturated rings. The molecule has 1 saturated heterocycles. The van der Waals surface area contributed by atoms with Crippen LogP contribution in [0.1, 0.15) is 53.2 Å². The molecular weight excluding hydrogens is 503 g/mol. The second-order valence-corrected chi connectivity index (χ2v) is 8.61. The van der Waals surface area contributed by atoms with Crippen LogP contribution in [0.4, 0.5) is 22.0 Å². The molecule has 0 aromatic heterocycles. The number of ketones is 1. The average molecular weight is 525 g/mol. The van der Waals surface area contributed by atoms with Gasteiger partial charge in [-0.05, 0) is 48.2 Å². The quantitative estimate of drug-likeness (QED) is 0.439. The number of nitrogens with one attached hydrogen (secondary N) is 1. The number of ether oxygens (including phenoxy) is 1. The lowest BCUT2D eigenvalue weighted by molar-refractivity contribution is -0.151. The van der Waals surface area contributed by atoms with E-state index in [9.17, 15) is 41.1 Å². The second kappa shape index (κ2) is 9.56. The third-order valence-corrected chi connectivity index (χ3v) is 6.26. The summed E-state index contributed by atoms with van der Waals surface area (Å²) in [6, 6.07) is 4.06. The van der Waals surface area contributed by atoms with E-state index < -0.39 is 59.2 Å². The number of piperidine rings is 1. The fourth-order valence-corrected chi connectivity index (χ4v) is 4.34. The lowest BCUT2D eigenvalue weighted by Crippen LogP contribution is -2.52. The van der Waals surface area contributed by atoms with Gasteiger partial charge >= 0.3 is 12.1 Å². The van der Waals surface area contributed by atoms with E-state index in [0.717, 1.165) is 18.1 Å². The summed E-state index contributed by atoms with van der Waals surface area (Å²) < 4.78 is 83.2. The lowest BCUT2D eigenvalue weighted by atomic mass is 9.94. The number of alkyl halides is 5. The van der Waals surface area contributed by atoms with Crippen LogP contribution in [0.5, 0.6) is 5.75 Å². The minimum Gasteiger partial charge on any atom is -0.497 e. The third-order valence-electron chi connectivity index (χ3n) is 6.26. The molecule has 1 unspecified atom stereocenters. The summed E-state index contributed by atoms with van der Waals surface area (Å²) in [7, 11) is 1.08. The SMILES string of the molecule is [2H]C1(N2Cc3cc(CCC(=O)C(F)(F)c4ccc(OC)cc4C(F)(F)F)ccc3C2=O)CCC(=O)NC1=O. The summed E-state index contributed by atoms with van der Waals surface area (Å²) in [5.74, 6) is -8.54. The molecule has 2 heterocycles. The first-order chi connectivity index (χ1) is 17.7. The fourth-order valence-electron chi connectivity index (χ4n) is 4.34. The first kappa shape index (κ1) is 24.8. The molecule has 7 nitrogen and oxygen atoms in total. The molecule has 2 aliphatic rings. The number of fused-ring (bicyclic) bond motifs is 1. The van der Waals surface area contributed by atoms with Crippen LogP contribution in [-0.4, -0.2) is 41.5 Å². The van der Waals surface area contributed by atoms with Crippen LogP contribution < -0.4 is 10.1 Å². The largest absolute Gasteiger partial charge is 0.497 e. The molecule has 1 N–H and O–H groups in total. The molecule has 37 heavy (non-hydrogen) atoms. The zero-order chi connectivity index (χ0) is 28.0. The highest BCUT2D eigenvalue weighted by atomic mass is 19.4. The van der Waals surface area contributed by atoms with Crippen molar-refractivity contribution < 1.29 is 47.2 Å². The van der Waals surface area contributed by atoms with Gasteiger partial charge in [0.25, 0.3) is 5.91 Å². The maximum Gasteiger partial charge on any atom is 0.417 e. The predicted molar refractivity (Wildman–Crippen MR) is 118 cm³/mol. The number of Topliss-reactive ketones (excluding diaryl/α,β-unsaturated/α-hetero) is 1. The van der Waals surface area contributed by atoms with Crippen molar-refractivity contribution in [2.45, 2.75) is 50.3 Å². The van der Waals surface area contributed by atoms with Gasteiger partial charge in [0.2, 0.25) is 17.6 Å². The molecule has 3 amide bonds. The highest BCUT2D eigenvalue weighted by molar-refractivity contribution is 6.05. The van der Waals surface area contributed by atoms with Gasteiger partial charge < -0.3 is 9.64 Å². The molecule has 4 rings (SSSR count). The first-order valence-corrected chi connectivity index (χ1v) is 11.1. The molecule has 12 heteroatoms. The molecule has 0 aliphatic carbocycles. The van der Waals surface area contributed by atoms with Crippen molar-refractivity contribution in [2.75, 3.05) is 7.11 Å². The van der Waals surface area contributed by atoms with Crippen LogP contribution in [0.3, 0.4) is 0 Å². The number of rotatable bonds is 7. The number of carbonyl (C=O) groups excluding carboxylic acids is 4. The van der Waals surface area contributed by atoms with Crippen molar-refractivity contribution in [1.29, 1.82) is 0 Å². The molecule has 0 bridgehead atoms. The molecule has 0 radical (unpaired) electrons. The molecule has 1 atom stereocenters. The minimum absolute atomic E-state index is 0.124. The maximum absolute atomic E-state index is 14.9. The molecule has 2 aromatic rings. The van der Waals surface area contributed by atoms with E-state index >= 15 is 0 Å². The van der Waals surface area contributed by atoms with Gasteiger partial charge in [-0.3, -0.25) is 24.5 Å². The highest BCUT2D eigenvalue weighted by Gasteiger charge is 2.47. The smallest absolute Gasteiger partial charge is 0.417 e. The van der Waals surface area contributed by atoms with Crippen LogP contribution in [0.15, 0.2) is 36.4 Å². The Bertz CT molecular complexity index is 1350. The van der Waals surface area contributed by atoms with E-state index in [2.05, 4.69) is 4.74 Å². The number of aryl methyl sites for hydroxylation is 1. The number of methoxy groups -OCH3 is 1. The lowest BCUT2D eigenvalue weighted by Gasteiger charge is -2.29. The maximum atomic E-state index is 14.9. The van der Waals surface area contributed by atoms with Crippen molar-refractivity contribution >= 4 is 23.5 Å². The summed E-state index contributed by atoms with van der Waals surface area (Å²) in [6.07, 6.45) is -6.52. The van der Waals surface area contributed by atoms with Crippen LogP contribution >= 0.6 is 0 Å². The number of hydrogen-bond donors (Lipinski definition) is 1. The van der Waals surface area contributed by atoms with Gasteiger partial charge in [-0.15, -0.1) is 0 Å². The van der Waals surface area contributed by atoms with Crippen LogP contribution in [-0.2, 0) is 39.4 Å².